The Morgan fingerprint density at radius 3 is 2.04 bits per heavy atom. The van der Waals surface area contributed by atoms with E-state index in [1.165, 1.54) is 0 Å². The second-order valence-corrected chi connectivity index (χ2v) is 6.67. The molecular weight excluding hydrogens is 354 g/mol. The van der Waals surface area contributed by atoms with Crippen molar-refractivity contribution in [2.75, 3.05) is 34.2 Å². The summed E-state index contributed by atoms with van der Waals surface area (Å²) in [6.07, 6.45) is 1.72. The van der Waals surface area contributed by atoms with Crippen molar-refractivity contribution in [1.82, 2.24) is 0 Å². The predicted molar refractivity (Wildman–Crippen MR) is 104 cm³/mol. The van der Waals surface area contributed by atoms with E-state index in [-0.39, 0.29) is 0 Å². The maximum atomic E-state index is 12.4. The molecule has 140 valence electrons. The molecule has 7 heteroatoms. The smallest absolute Gasteiger partial charge is 0.141 e. The molecule has 0 aromatic heterocycles. The van der Waals surface area contributed by atoms with Crippen LogP contribution in [0.15, 0.2) is 35.7 Å². The Morgan fingerprint density at radius 1 is 0.923 bits per heavy atom. The molecule has 0 heterocycles. The second kappa shape index (κ2) is 9.26. The van der Waals surface area contributed by atoms with Crippen molar-refractivity contribution in [3.05, 3.63) is 46.9 Å². The number of nitrogen functional groups attached to an aromatic ring is 1. The van der Waals surface area contributed by atoms with Crippen LogP contribution in [0, 0.1) is 0 Å². The van der Waals surface area contributed by atoms with Gasteiger partial charge in [0.15, 0.2) is 0 Å². The molecule has 2 aromatic carbocycles. The first-order valence-corrected chi connectivity index (χ1v) is 9.18. The zero-order valence-corrected chi connectivity index (χ0v) is 16.1. The van der Waals surface area contributed by atoms with Gasteiger partial charge in [0, 0.05) is 23.8 Å². The lowest BCUT2D eigenvalue weighted by Gasteiger charge is -2.13. The molecule has 2 rings (SSSR count). The van der Waals surface area contributed by atoms with E-state index in [1.54, 1.807) is 64.2 Å². The van der Waals surface area contributed by atoms with Crippen molar-refractivity contribution in [2.24, 2.45) is 0 Å². The standard InChI is InChI=1S/C19H23NO5S/c1-22-14-10-18(24-3)15(19(11-14)25-4)7-8-26(21)12-13-5-6-17(23-2)16(20)9-13/h5-11H,12,20H2,1-4H3/b8-7+. The van der Waals surface area contributed by atoms with Crippen molar-refractivity contribution >= 4 is 22.9 Å². The van der Waals surface area contributed by atoms with Gasteiger partial charge in [-0.3, -0.25) is 0 Å². The molecule has 6 nitrogen and oxygen atoms in total. The van der Waals surface area contributed by atoms with Crippen molar-refractivity contribution < 1.29 is 23.5 Å². The molecule has 0 radical (unpaired) electrons. The van der Waals surface area contributed by atoms with Crippen molar-refractivity contribution in [2.45, 2.75) is 5.75 Å². The minimum Gasteiger partial charge on any atom is -0.612 e. The van der Waals surface area contributed by atoms with Crippen LogP contribution in [0.3, 0.4) is 0 Å². The Morgan fingerprint density at radius 2 is 1.54 bits per heavy atom. The number of nitrogens with two attached hydrogens (primary N) is 1. The molecule has 0 spiro atoms. The van der Waals surface area contributed by atoms with Gasteiger partial charge in [-0.1, -0.05) is 6.07 Å². The van der Waals surface area contributed by atoms with Crippen LogP contribution in [0.5, 0.6) is 23.0 Å². The summed E-state index contributed by atoms with van der Waals surface area (Å²) in [5.74, 6) is 2.70. The lowest BCUT2D eigenvalue weighted by atomic mass is 10.1. The molecule has 2 aromatic rings. The van der Waals surface area contributed by atoms with E-state index in [2.05, 4.69) is 0 Å². The fourth-order valence-corrected chi connectivity index (χ4v) is 3.32. The van der Waals surface area contributed by atoms with Crippen molar-refractivity contribution in [1.29, 1.82) is 0 Å². The van der Waals surface area contributed by atoms with Gasteiger partial charge in [0.1, 0.15) is 34.2 Å². The zero-order valence-electron chi connectivity index (χ0n) is 15.3. The number of ether oxygens (including phenoxy) is 4. The second-order valence-electron chi connectivity index (χ2n) is 5.35. The van der Waals surface area contributed by atoms with Crippen LogP contribution in [0.1, 0.15) is 11.1 Å². The highest BCUT2D eigenvalue weighted by Gasteiger charge is 2.13. The highest BCUT2D eigenvalue weighted by Crippen LogP contribution is 2.35. The molecule has 0 fully saturated rings. The van der Waals surface area contributed by atoms with Crippen LogP contribution >= 0.6 is 0 Å². The average molecular weight is 377 g/mol. The largest absolute Gasteiger partial charge is 0.612 e. The normalized spacial score (nSPS) is 12.0. The highest BCUT2D eigenvalue weighted by molar-refractivity contribution is 7.93. The van der Waals surface area contributed by atoms with E-state index in [9.17, 15) is 4.55 Å². The number of anilines is 1. The third-order valence-electron chi connectivity index (χ3n) is 3.74. The van der Waals surface area contributed by atoms with E-state index in [0.29, 0.717) is 40.0 Å². The summed E-state index contributed by atoms with van der Waals surface area (Å²) in [6.45, 7) is 0. The molecule has 0 aliphatic carbocycles. The molecule has 2 N–H and O–H groups in total. The van der Waals surface area contributed by atoms with Crippen LogP contribution in [0.4, 0.5) is 5.69 Å². The third kappa shape index (κ3) is 4.77. The Balaban J connectivity index is 2.19. The summed E-state index contributed by atoms with van der Waals surface area (Å²) in [7, 11) is 6.24. The van der Waals surface area contributed by atoms with Gasteiger partial charge in [-0.15, -0.1) is 0 Å². The molecule has 0 saturated carbocycles. The van der Waals surface area contributed by atoms with Crippen LogP contribution < -0.4 is 24.7 Å². The quantitative estimate of drug-likeness (QED) is 0.561. The van der Waals surface area contributed by atoms with Gasteiger partial charge in [-0.05, 0) is 23.3 Å². The fourth-order valence-electron chi connectivity index (χ4n) is 2.43. The minimum atomic E-state index is -1.24. The molecule has 0 amide bonds. The molecule has 0 aliphatic rings. The number of methoxy groups -OCH3 is 4. The monoisotopic (exact) mass is 377 g/mol. The zero-order chi connectivity index (χ0) is 19.1. The maximum absolute atomic E-state index is 12.4. The topological polar surface area (TPSA) is 86.0 Å². The number of rotatable bonds is 8. The van der Waals surface area contributed by atoms with E-state index in [4.69, 9.17) is 24.7 Å². The van der Waals surface area contributed by atoms with E-state index < -0.39 is 11.2 Å². The van der Waals surface area contributed by atoms with E-state index in [0.717, 1.165) is 5.56 Å². The Labute approximate surface area is 156 Å². The van der Waals surface area contributed by atoms with Gasteiger partial charge in [0.05, 0.1) is 39.7 Å². The summed E-state index contributed by atoms with van der Waals surface area (Å²) in [5.41, 5.74) is 7.96. The molecule has 0 aliphatic heterocycles. The van der Waals surface area contributed by atoms with Crippen molar-refractivity contribution in [3.63, 3.8) is 0 Å². The Hall–Kier alpha value is -2.51. The van der Waals surface area contributed by atoms with Crippen LogP contribution in [-0.4, -0.2) is 33.0 Å². The van der Waals surface area contributed by atoms with E-state index >= 15 is 0 Å². The summed E-state index contributed by atoms with van der Waals surface area (Å²) >= 11 is -1.24. The highest BCUT2D eigenvalue weighted by atomic mass is 32.2. The molecular formula is C19H23NO5S. The van der Waals surface area contributed by atoms with Gasteiger partial charge < -0.3 is 29.2 Å². The number of benzene rings is 2. The number of hydrogen-bond acceptors (Lipinski definition) is 6. The SMILES string of the molecule is COc1cc(OC)c(/C=C/[S+]([O-])Cc2ccc(OC)c(N)c2)c(OC)c1. The first kappa shape index (κ1) is 19.8. The average Bonchev–Trinajstić information content (AvgIpc) is 2.65. The first-order chi connectivity index (χ1) is 12.5. The fraction of sp³-hybridized carbons (Fsp3) is 0.263. The van der Waals surface area contributed by atoms with Crippen LogP contribution in [0.2, 0.25) is 0 Å². The van der Waals surface area contributed by atoms with Crippen LogP contribution in [-0.2, 0) is 16.9 Å². The summed E-state index contributed by atoms with van der Waals surface area (Å²) < 4.78 is 33.5. The molecule has 1 unspecified atom stereocenters. The predicted octanol–water partition coefficient (Wildman–Crippen LogP) is 3.22. The van der Waals surface area contributed by atoms with Crippen LogP contribution in [0.25, 0.3) is 6.08 Å². The van der Waals surface area contributed by atoms with Gasteiger partial charge >= 0.3 is 0 Å². The maximum Gasteiger partial charge on any atom is 0.141 e. The third-order valence-corrected chi connectivity index (χ3v) is 4.80. The van der Waals surface area contributed by atoms with Crippen molar-refractivity contribution in [3.8, 4) is 23.0 Å². The van der Waals surface area contributed by atoms with Gasteiger partial charge in [0.2, 0.25) is 0 Å². The van der Waals surface area contributed by atoms with E-state index in [1.807, 2.05) is 6.07 Å². The van der Waals surface area contributed by atoms with Gasteiger partial charge in [-0.25, -0.2) is 0 Å². The molecule has 0 saturated heterocycles. The van der Waals surface area contributed by atoms with Gasteiger partial charge in [-0.2, -0.15) is 0 Å². The molecule has 26 heavy (non-hydrogen) atoms. The van der Waals surface area contributed by atoms with Gasteiger partial charge in [0.25, 0.3) is 0 Å². The Kier molecular flexibility index (Phi) is 7.06. The minimum absolute atomic E-state index is 0.339. The molecule has 0 bridgehead atoms. The molecule has 1 atom stereocenters. The lowest BCUT2D eigenvalue weighted by Crippen LogP contribution is -2.02. The first-order valence-electron chi connectivity index (χ1n) is 7.80. The lowest BCUT2D eigenvalue weighted by molar-refractivity contribution is 0.374. The summed E-state index contributed by atoms with van der Waals surface area (Å²) in [6, 6.07) is 8.86. The summed E-state index contributed by atoms with van der Waals surface area (Å²) in [4.78, 5) is 0. The number of hydrogen-bond donors (Lipinski definition) is 1. The Bertz CT molecular complexity index is 754. The summed E-state index contributed by atoms with van der Waals surface area (Å²) in [5, 5.41) is 1.60.